The fraction of sp³-hybridized carbons (Fsp3) is 0.257. The van der Waals surface area contributed by atoms with E-state index in [1.807, 2.05) is 49.4 Å². The Bertz CT molecular complexity index is 1820. The lowest BCUT2D eigenvalue weighted by Gasteiger charge is -2.35. The summed E-state index contributed by atoms with van der Waals surface area (Å²) in [6.45, 7) is 3.84. The summed E-state index contributed by atoms with van der Waals surface area (Å²) in [5.74, 6) is -4.02. The number of alkyl halides is 3. The number of halogens is 3. The van der Waals surface area contributed by atoms with Crippen molar-refractivity contribution < 1.29 is 47.3 Å². The van der Waals surface area contributed by atoms with Gasteiger partial charge in [0.2, 0.25) is 11.8 Å². The van der Waals surface area contributed by atoms with Crippen molar-refractivity contribution >= 4 is 41.1 Å². The summed E-state index contributed by atoms with van der Waals surface area (Å²) in [5, 5.41) is 16.8. The number of carbonyl (C=O) groups is 4. The third-order valence-electron chi connectivity index (χ3n) is 7.52. The van der Waals surface area contributed by atoms with Crippen LogP contribution in [0.3, 0.4) is 0 Å². The molecule has 2 heterocycles. The molecule has 0 aliphatic carbocycles. The number of aliphatic carboxylic acids is 2. The van der Waals surface area contributed by atoms with Crippen LogP contribution in [0.1, 0.15) is 53.0 Å². The molecule has 4 aromatic rings. The molecule has 3 aromatic carbocycles. The first kappa shape index (κ1) is 36.8. The molecule has 2 atom stereocenters. The van der Waals surface area contributed by atoms with Crippen molar-refractivity contribution in [1.29, 1.82) is 0 Å². The van der Waals surface area contributed by atoms with Gasteiger partial charge in [0, 0.05) is 23.5 Å². The largest absolute Gasteiger partial charge is 0.490 e. The van der Waals surface area contributed by atoms with Crippen LogP contribution in [0.2, 0.25) is 0 Å². The van der Waals surface area contributed by atoms with Crippen molar-refractivity contribution in [3.05, 3.63) is 107 Å². The van der Waals surface area contributed by atoms with Crippen molar-refractivity contribution in [2.75, 3.05) is 17.2 Å². The van der Waals surface area contributed by atoms with Crippen LogP contribution in [0.15, 0.2) is 84.9 Å². The summed E-state index contributed by atoms with van der Waals surface area (Å²) in [4.78, 5) is 60.7. The molecular weight excluding hydrogens is 659 g/mol. The van der Waals surface area contributed by atoms with Crippen LogP contribution in [-0.4, -0.2) is 67.7 Å². The molecule has 2 unspecified atom stereocenters. The number of hydrogen-bond donors (Lipinski definition) is 3. The molecule has 0 spiro atoms. The normalized spacial score (nSPS) is 14.9. The van der Waals surface area contributed by atoms with Gasteiger partial charge in [-0.1, -0.05) is 54.6 Å². The van der Waals surface area contributed by atoms with E-state index in [-0.39, 0.29) is 18.3 Å². The molecular formula is C35H34F3N5O7. The van der Waals surface area contributed by atoms with Crippen molar-refractivity contribution in [2.45, 2.75) is 51.4 Å². The summed E-state index contributed by atoms with van der Waals surface area (Å²) >= 11 is 0. The molecule has 0 radical (unpaired) electrons. The number of anilines is 3. The SMILES string of the molecule is Cc1cc(OCCCc2ccc3c(c2)C(=O)N(C(C)CC(=O)O)C(c2ccccc2)C(=O)N3c2ccccc2)nc(N)n1.O=C(O)C(F)(F)F. The zero-order valence-corrected chi connectivity index (χ0v) is 27.0. The molecule has 0 saturated heterocycles. The van der Waals surface area contributed by atoms with E-state index in [2.05, 4.69) is 9.97 Å². The van der Waals surface area contributed by atoms with E-state index >= 15 is 0 Å². The molecule has 2 amide bonds. The maximum Gasteiger partial charge on any atom is 0.490 e. The van der Waals surface area contributed by atoms with Crippen LogP contribution >= 0.6 is 0 Å². The van der Waals surface area contributed by atoms with E-state index in [9.17, 15) is 32.7 Å². The van der Waals surface area contributed by atoms with Gasteiger partial charge in [0.05, 0.1) is 24.3 Å². The van der Waals surface area contributed by atoms with Gasteiger partial charge in [-0.25, -0.2) is 9.78 Å². The number of aryl methyl sites for hydroxylation is 2. The number of nitrogens with zero attached hydrogens (tertiary/aromatic N) is 4. The number of aromatic nitrogens is 2. The van der Waals surface area contributed by atoms with Gasteiger partial charge in [-0.05, 0) is 62.1 Å². The quantitative estimate of drug-likeness (QED) is 0.174. The van der Waals surface area contributed by atoms with Gasteiger partial charge in [0.15, 0.2) is 0 Å². The Balaban J connectivity index is 0.000000727. The predicted octanol–water partition coefficient (Wildman–Crippen LogP) is 5.74. The van der Waals surface area contributed by atoms with Crippen LogP contribution in [0.4, 0.5) is 30.5 Å². The number of fused-ring (bicyclic) bond motifs is 1. The zero-order chi connectivity index (χ0) is 36.6. The molecule has 1 aliphatic rings. The Morgan fingerprint density at radius 1 is 0.960 bits per heavy atom. The summed E-state index contributed by atoms with van der Waals surface area (Å²) in [6.07, 6.45) is -4.18. The average Bonchev–Trinajstić information content (AvgIpc) is 3.14. The Labute approximate surface area is 284 Å². The second-order valence-corrected chi connectivity index (χ2v) is 11.3. The molecule has 50 heavy (non-hydrogen) atoms. The highest BCUT2D eigenvalue weighted by Crippen LogP contribution is 2.40. The number of nitrogens with two attached hydrogens (primary N) is 1. The van der Waals surface area contributed by atoms with Crippen LogP contribution in [0, 0.1) is 6.92 Å². The number of hydrogen-bond acceptors (Lipinski definition) is 8. The lowest BCUT2D eigenvalue weighted by molar-refractivity contribution is -0.192. The zero-order valence-electron chi connectivity index (χ0n) is 27.0. The molecule has 0 saturated carbocycles. The molecule has 5 rings (SSSR count). The van der Waals surface area contributed by atoms with Crippen LogP contribution in [0.5, 0.6) is 5.88 Å². The molecule has 0 bridgehead atoms. The summed E-state index contributed by atoms with van der Waals surface area (Å²) in [5.41, 5.74) is 9.27. The lowest BCUT2D eigenvalue weighted by Crippen LogP contribution is -2.46. The highest BCUT2D eigenvalue weighted by molar-refractivity contribution is 6.14. The molecule has 4 N–H and O–H groups in total. The van der Waals surface area contributed by atoms with Gasteiger partial charge in [0.1, 0.15) is 6.04 Å². The van der Waals surface area contributed by atoms with E-state index in [4.69, 9.17) is 20.4 Å². The predicted molar refractivity (Wildman–Crippen MR) is 176 cm³/mol. The van der Waals surface area contributed by atoms with E-state index in [1.54, 1.807) is 54.3 Å². The maximum atomic E-state index is 14.5. The second kappa shape index (κ2) is 15.9. The number of rotatable bonds is 10. The smallest absolute Gasteiger partial charge is 0.481 e. The molecule has 1 aliphatic heterocycles. The van der Waals surface area contributed by atoms with Gasteiger partial charge in [-0.15, -0.1) is 0 Å². The molecule has 0 fully saturated rings. The number of carboxylic acids is 2. The Kier molecular flexibility index (Phi) is 11.7. The summed E-state index contributed by atoms with van der Waals surface area (Å²) in [7, 11) is 0. The van der Waals surface area contributed by atoms with Gasteiger partial charge in [-0.2, -0.15) is 18.2 Å². The Morgan fingerprint density at radius 3 is 2.16 bits per heavy atom. The van der Waals surface area contributed by atoms with E-state index in [0.717, 1.165) is 5.56 Å². The van der Waals surface area contributed by atoms with Crippen molar-refractivity contribution in [3.8, 4) is 5.88 Å². The van der Waals surface area contributed by atoms with Crippen molar-refractivity contribution in [1.82, 2.24) is 14.9 Å². The van der Waals surface area contributed by atoms with E-state index < -0.39 is 36.1 Å². The second-order valence-electron chi connectivity index (χ2n) is 11.3. The van der Waals surface area contributed by atoms with Crippen molar-refractivity contribution in [3.63, 3.8) is 0 Å². The van der Waals surface area contributed by atoms with E-state index in [0.29, 0.717) is 53.5 Å². The number of nitrogen functional groups attached to an aromatic ring is 1. The standard InChI is InChI=1S/C33H33N5O5.C2HF3O2/c1-21-18-28(36-33(34)35-21)43-17-9-10-23-15-16-27-26(20-23)31(41)37(22(2)19-29(39)40)30(24-11-5-3-6-12-24)32(42)38(27)25-13-7-4-8-14-25;3-2(4,5)1(6)7/h3-8,11-16,18,20,22,30H,9-10,17,19H2,1-2H3,(H,39,40)(H2,34,35,36);(H,6,7). The highest BCUT2D eigenvalue weighted by Gasteiger charge is 2.43. The Hall–Kier alpha value is -5.99. The van der Waals surface area contributed by atoms with Crippen LogP contribution < -0.4 is 15.4 Å². The van der Waals surface area contributed by atoms with Crippen LogP contribution in [0.25, 0.3) is 0 Å². The first-order chi connectivity index (χ1) is 23.7. The number of carboxylic acid groups (broad SMARTS) is 2. The summed E-state index contributed by atoms with van der Waals surface area (Å²) in [6, 6.07) is 23.6. The fourth-order valence-corrected chi connectivity index (χ4v) is 5.40. The summed E-state index contributed by atoms with van der Waals surface area (Å²) < 4.78 is 37.5. The Morgan fingerprint density at radius 2 is 1.58 bits per heavy atom. The van der Waals surface area contributed by atoms with Crippen molar-refractivity contribution in [2.24, 2.45) is 0 Å². The van der Waals surface area contributed by atoms with E-state index in [1.165, 1.54) is 4.90 Å². The maximum absolute atomic E-state index is 14.5. The highest BCUT2D eigenvalue weighted by atomic mass is 19.4. The molecule has 262 valence electrons. The minimum Gasteiger partial charge on any atom is -0.481 e. The number of benzene rings is 3. The minimum absolute atomic E-state index is 0.146. The lowest BCUT2D eigenvalue weighted by atomic mass is 10.00. The molecule has 12 nitrogen and oxygen atoms in total. The number of carbonyl (C=O) groups excluding carboxylic acids is 2. The minimum atomic E-state index is -5.08. The third-order valence-corrected chi connectivity index (χ3v) is 7.52. The first-order valence-corrected chi connectivity index (χ1v) is 15.3. The van der Waals surface area contributed by atoms with Gasteiger partial charge < -0.3 is 25.6 Å². The first-order valence-electron chi connectivity index (χ1n) is 15.3. The monoisotopic (exact) mass is 693 g/mol. The van der Waals surface area contributed by atoms with Gasteiger partial charge in [-0.3, -0.25) is 19.3 Å². The molecule has 15 heteroatoms. The fourth-order valence-electron chi connectivity index (χ4n) is 5.40. The third kappa shape index (κ3) is 9.12. The van der Waals surface area contributed by atoms with Gasteiger partial charge in [0.25, 0.3) is 11.8 Å². The van der Waals surface area contributed by atoms with Crippen LogP contribution in [-0.2, 0) is 20.8 Å². The topological polar surface area (TPSA) is 176 Å². The number of amides is 2. The number of ether oxygens (including phenoxy) is 1. The molecule has 1 aromatic heterocycles. The number of para-hydroxylation sites is 1. The van der Waals surface area contributed by atoms with Gasteiger partial charge >= 0.3 is 18.1 Å². The average molecular weight is 694 g/mol.